The van der Waals surface area contributed by atoms with E-state index in [1.165, 1.54) is 15.9 Å². The lowest BCUT2D eigenvalue weighted by Gasteiger charge is -2.53. The zero-order valence-corrected chi connectivity index (χ0v) is 35.2. The maximum atomic E-state index is 14.5. The predicted molar refractivity (Wildman–Crippen MR) is 219 cm³/mol. The molecule has 1 saturated carbocycles. The van der Waals surface area contributed by atoms with Gasteiger partial charge in [0.1, 0.15) is 0 Å². The number of para-hydroxylation sites is 1. The molecule has 6 nitrogen and oxygen atoms in total. The number of amides is 1. The molecule has 0 unspecified atom stereocenters. The third-order valence-corrected chi connectivity index (χ3v) is 17.9. The maximum Gasteiger partial charge on any atom is 0.264 e. The lowest BCUT2D eigenvalue weighted by molar-refractivity contribution is -0.126. The van der Waals surface area contributed by atoms with E-state index in [-0.39, 0.29) is 65.1 Å². The normalized spacial score (nSPS) is 23.8. The summed E-state index contributed by atoms with van der Waals surface area (Å²) in [6, 6.07) is 29.3. The van der Waals surface area contributed by atoms with Gasteiger partial charge < -0.3 is 9.33 Å². The summed E-state index contributed by atoms with van der Waals surface area (Å²) in [5.74, 6) is 0.465. The minimum Gasteiger partial charge on any atom is -0.404 e. The van der Waals surface area contributed by atoms with Crippen LogP contribution in [0.4, 0.5) is 5.69 Å². The second kappa shape index (κ2) is 16.4. The second-order valence-corrected chi connectivity index (χ2v) is 23.1. The van der Waals surface area contributed by atoms with Gasteiger partial charge >= 0.3 is 0 Å². The van der Waals surface area contributed by atoms with E-state index in [9.17, 15) is 13.2 Å². The highest BCUT2D eigenvalue weighted by molar-refractivity contribution is 7.86. The summed E-state index contributed by atoms with van der Waals surface area (Å²) in [4.78, 5) is 17.1. The van der Waals surface area contributed by atoms with E-state index in [4.69, 9.17) is 21.2 Å². The first-order valence-electron chi connectivity index (χ1n) is 18.8. The Morgan fingerprint density at radius 1 is 0.904 bits per heavy atom. The van der Waals surface area contributed by atoms with Crippen molar-refractivity contribution in [3.05, 3.63) is 96.6 Å². The van der Waals surface area contributed by atoms with Gasteiger partial charge in [-0.25, -0.2) is 0 Å². The smallest absolute Gasteiger partial charge is 0.264 e. The van der Waals surface area contributed by atoms with Crippen LogP contribution in [0.25, 0.3) is 0 Å². The number of thiol groups is 1. The van der Waals surface area contributed by atoms with Crippen molar-refractivity contribution in [3.63, 3.8) is 0 Å². The summed E-state index contributed by atoms with van der Waals surface area (Å²) in [6.45, 7) is 15.7. The highest BCUT2D eigenvalue weighted by Gasteiger charge is 2.55. The average Bonchev–Trinajstić information content (AvgIpc) is 3.09. The third-order valence-electron chi connectivity index (χ3n) is 11.9. The topological polar surface area (TPSA) is 72.9 Å². The number of hydrogen-bond donors (Lipinski definition) is 1. The number of carbonyl (C=O) groups is 1. The molecule has 9 heteroatoms. The molecular weight excluding hydrogens is 703 g/mol. The van der Waals surface area contributed by atoms with Crippen LogP contribution in [-0.2, 0) is 23.5 Å². The van der Waals surface area contributed by atoms with Crippen molar-refractivity contribution in [2.75, 3.05) is 24.8 Å². The van der Waals surface area contributed by atoms with Crippen LogP contribution in [0, 0.1) is 41.4 Å². The lowest BCUT2D eigenvalue weighted by atomic mass is 9.56. The zero-order valence-electron chi connectivity index (χ0n) is 32.5. The molecule has 2 aliphatic rings. The Balaban J connectivity index is 1.63. The Morgan fingerprint density at radius 3 is 1.98 bits per heavy atom. The molecule has 0 N–H and O–H groups in total. The quantitative estimate of drug-likeness (QED) is 0.0870. The van der Waals surface area contributed by atoms with Gasteiger partial charge in [-0.1, -0.05) is 126 Å². The van der Waals surface area contributed by atoms with E-state index < -0.39 is 18.4 Å². The molecule has 1 fully saturated rings. The number of fused-ring (bicyclic) bond motifs is 1. The van der Waals surface area contributed by atoms with Gasteiger partial charge in [0.2, 0.25) is 5.91 Å². The molecule has 0 saturated heterocycles. The number of anilines is 1. The molecule has 0 bridgehead atoms. The summed E-state index contributed by atoms with van der Waals surface area (Å²) in [6.07, 6.45) is 5.89. The highest BCUT2D eigenvalue weighted by atomic mass is 32.2. The van der Waals surface area contributed by atoms with Crippen molar-refractivity contribution in [1.82, 2.24) is 0 Å². The molecular formula is C43H59NO5S2Si. The van der Waals surface area contributed by atoms with E-state index in [0.29, 0.717) is 0 Å². The first-order valence-corrected chi connectivity index (χ1v) is 23.0. The number of rotatable bonds is 12. The van der Waals surface area contributed by atoms with E-state index in [2.05, 4.69) is 115 Å². The predicted octanol–water partition coefficient (Wildman–Crippen LogP) is 8.38. The molecule has 2 aliphatic carbocycles. The Hall–Kier alpha value is -2.69. The Bertz CT molecular complexity index is 1770. The average molecular weight is 762 g/mol. The first-order chi connectivity index (χ1) is 24.4. The van der Waals surface area contributed by atoms with Gasteiger partial charge in [-0.3, -0.25) is 8.98 Å². The van der Waals surface area contributed by atoms with Crippen LogP contribution < -0.4 is 15.3 Å². The van der Waals surface area contributed by atoms with Crippen LogP contribution in [0.3, 0.4) is 0 Å². The standard InChI is InChI=1S/C43H59NO5S2Si/c1-29(2)39(28-48-51(9,46)47)37-25-30(3)24-36-35(31(4)42(45)44(8)40-22-16-17-23-41(40)50)26-32(27-38(36)37)49-52(43(5,6)7,33-18-12-10-13-19-33)34-20-14-11-15-21-34/h10-24,29,31-32,35-39,50H,25-28H2,1-9H3/t31-,32+,35-,36+,37+,38-,39+/m0/s1. The van der Waals surface area contributed by atoms with Crippen LogP contribution in [0.5, 0.6) is 0 Å². The fourth-order valence-corrected chi connectivity index (χ4v) is 14.8. The molecule has 5 rings (SSSR count). The molecule has 0 spiro atoms. The minimum absolute atomic E-state index is 0.00498. The van der Waals surface area contributed by atoms with Gasteiger partial charge in [0.05, 0.1) is 18.6 Å². The van der Waals surface area contributed by atoms with Crippen LogP contribution in [0.1, 0.15) is 67.7 Å². The number of benzene rings is 3. The summed E-state index contributed by atoms with van der Waals surface area (Å²) in [5.41, 5.74) is 2.09. The number of nitrogens with zero attached hydrogens (tertiary/aromatic N) is 1. The molecule has 0 aromatic heterocycles. The highest BCUT2D eigenvalue weighted by Crippen LogP contribution is 2.53. The number of hydrogen-bond acceptors (Lipinski definition) is 6. The van der Waals surface area contributed by atoms with Gasteiger partial charge in [-0.15, -0.1) is 12.6 Å². The van der Waals surface area contributed by atoms with E-state index in [1.807, 2.05) is 31.3 Å². The van der Waals surface area contributed by atoms with Gasteiger partial charge in [0.25, 0.3) is 18.4 Å². The van der Waals surface area contributed by atoms with Crippen molar-refractivity contribution in [2.45, 2.75) is 83.8 Å². The monoisotopic (exact) mass is 761 g/mol. The Kier molecular flexibility index (Phi) is 12.7. The molecule has 0 aliphatic heterocycles. The van der Waals surface area contributed by atoms with Gasteiger partial charge in [-0.2, -0.15) is 8.42 Å². The third kappa shape index (κ3) is 8.65. The van der Waals surface area contributed by atoms with Crippen molar-refractivity contribution in [1.29, 1.82) is 0 Å². The van der Waals surface area contributed by atoms with Crippen LogP contribution in [0.2, 0.25) is 5.04 Å². The van der Waals surface area contributed by atoms with E-state index in [0.717, 1.165) is 36.1 Å². The van der Waals surface area contributed by atoms with Gasteiger partial charge in [0, 0.05) is 24.0 Å². The van der Waals surface area contributed by atoms with Crippen LogP contribution >= 0.6 is 12.6 Å². The molecule has 1 amide bonds. The van der Waals surface area contributed by atoms with Crippen LogP contribution in [0.15, 0.2) is 101 Å². The molecule has 282 valence electrons. The van der Waals surface area contributed by atoms with Crippen molar-refractivity contribution in [3.8, 4) is 0 Å². The van der Waals surface area contributed by atoms with E-state index in [1.54, 1.807) is 4.90 Å². The fourth-order valence-electron chi connectivity index (χ4n) is 9.37. The van der Waals surface area contributed by atoms with Crippen LogP contribution in [-0.4, -0.2) is 48.7 Å². The second-order valence-electron chi connectivity index (χ2n) is 16.7. The summed E-state index contributed by atoms with van der Waals surface area (Å²) in [5, 5.41) is 2.27. The molecule has 0 heterocycles. The largest absolute Gasteiger partial charge is 0.404 e. The lowest BCUT2D eigenvalue weighted by Crippen LogP contribution is -2.68. The summed E-state index contributed by atoms with van der Waals surface area (Å²) < 4.78 is 38.0. The maximum absolute atomic E-state index is 14.5. The van der Waals surface area contributed by atoms with Gasteiger partial charge in [-0.05, 0) is 89.2 Å². The Morgan fingerprint density at radius 2 is 1.46 bits per heavy atom. The molecule has 52 heavy (non-hydrogen) atoms. The Labute approximate surface area is 320 Å². The zero-order chi connectivity index (χ0) is 38.0. The molecule has 7 atom stereocenters. The SMILES string of the molecule is CC1=C[C@@H]2[C@H]([C@H](C)C(=O)N(C)c3ccccc3S)C[C@@H](O[Si](c3ccccc3)(c3ccccc3)C(C)(C)C)C[C@@H]2[C@H]([C@H](COS(C)(=O)=O)C(C)C)C1. The summed E-state index contributed by atoms with van der Waals surface area (Å²) in [7, 11) is -4.67. The van der Waals surface area contributed by atoms with Crippen molar-refractivity contribution < 1.29 is 21.8 Å². The van der Waals surface area contributed by atoms with Gasteiger partial charge in [0.15, 0.2) is 0 Å². The van der Waals surface area contributed by atoms with Crippen molar-refractivity contribution in [2.24, 2.45) is 41.4 Å². The summed E-state index contributed by atoms with van der Waals surface area (Å²) >= 11 is 4.69. The molecule has 3 aromatic carbocycles. The first kappa shape index (κ1) is 40.5. The van der Waals surface area contributed by atoms with Crippen molar-refractivity contribution >= 4 is 53.0 Å². The fraction of sp³-hybridized carbons (Fsp3) is 0.512. The number of carbonyl (C=O) groups excluding carboxylic acids is 1. The molecule has 0 radical (unpaired) electrons. The molecule has 3 aromatic rings. The van der Waals surface area contributed by atoms with E-state index >= 15 is 0 Å². The number of allylic oxidation sites excluding steroid dienone is 2. The minimum atomic E-state index is -3.61.